The highest BCUT2D eigenvalue weighted by molar-refractivity contribution is 6.35. The summed E-state index contributed by atoms with van der Waals surface area (Å²) in [6.45, 7) is 0.744. The lowest BCUT2D eigenvalue weighted by molar-refractivity contribution is 1.13. The highest BCUT2D eigenvalue weighted by atomic mass is 35.5. The Kier molecular flexibility index (Phi) is 3.29. The Morgan fingerprint density at radius 2 is 1.84 bits per heavy atom. The Balaban J connectivity index is 1.91. The van der Waals surface area contributed by atoms with E-state index in [0.717, 1.165) is 23.1 Å². The van der Waals surface area contributed by atoms with Crippen LogP contribution in [0.5, 0.6) is 0 Å². The molecule has 3 rings (SSSR count). The van der Waals surface area contributed by atoms with Crippen LogP contribution >= 0.6 is 11.6 Å². The molecule has 94 valence electrons. The van der Waals surface area contributed by atoms with Gasteiger partial charge >= 0.3 is 0 Å². The fraction of sp³-hybridized carbons (Fsp3) is 0.0667. The summed E-state index contributed by atoms with van der Waals surface area (Å²) in [6, 6.07) is 11.8. The van der Waals surface area contributed by atoms with Gasteiger partial charge < -0.3 is 5.32 Å². The van der Waals surface area contributed by atoms with Crippen LogP contribution in [0.15, 0.2) is 55.0 Å². The van der Waals surface area contributed by atoms with E-state index in [9.17, 15) is 0 Å². The summed E-state index contributed by atoms with van der Waals surface area (Å²) in [4.78, 5) is 8.32. The van der Waals surface area contributed by atoms with E-state index in [2.05, 4.69) is 15.3 Å². The van der Waals surface area contributed by atoms with E-state index in [1.165, 1.54) is 5.56 Å². The van der Waals surface area contributed by atoms with Crippen molar-refractivity contribution in [3.63, 3.8) is 0 Å². The third-order valence-corrected chi connectivity index (χ3v) is 3.26. The van der Waals surface area contributed by atoms with Gasteiger partial charge in [-0.1, -0.05) is 11.6 Å². The number of halogens is 1. The monoisotopic (exact) mass is 269 g/mol. The highest BCUT2D eigenvalue weighted by Gasteiger charge is 2.04. The standard InChI is InChI=1S/C15H12ClN3/c16-13-3-4-14(12-2-1-7-18-15(12)13)19-10-11-5-8-17-9-6-11/h1-9,19H,10H2. The van der Waals surface area contributed by atoms with E-state index >= 15 is 0 Å². The Morgan fingerprint density at radius 1 is 1.00 bits per heavy atom. The number of pyridine rings is 2. The first-order chi connectivity index (χ1) is 9.34. The summed E-state index contributed by atoms with van der Waals surface area (Å²) in [5.74, 6) is 0. The quantitative estimate of drug-likeness (QED) is 0.784. The lowest BCUT2D eigenvalue weighted by atomic mass is 10.1. The summed E-state index contributed by atoms with van der Waals surface area (Å²) in [5, 5.41) is 5.11. The fourth-order valence-corrected chi connectivity index (χ4v) is 2.20. The minimum atomic E-state index is 0.671. The van der Waals surface area contributed by atoms with Crippen LogP contribution in [0.25, 0.3) is 10.9 Å². The summed E-state index contributed by atoms with van der Waals surface area (Å²) in [5.41, 5.74) is 3.04. The van der Waals surface area contributed by atoms with E-state index in [1.54, 1.807) is 18.6 Å². The molecule has 0 atom stereocenters. The highest BCUT2D eigenvalue weighted by Crippen LogP contribution is 2.28. The predicted octanol–water partition coefficient (Wildman–Crippen LogP) is 3.90. The van der Waals surface area contributed by atoms with Crippen molar-refractivity contribution in [2.24, 2.45) is 0 Å². The van der Waals surface area contributed by atoms with Crippen molar-refractivity contribution in [3.8, 4) is 0 Å². The maximum absolute atomic E-state index is 6.15. The molecule has 3 nitrogen and oxygen atoms in total. The second-order valence-electron chi connectivity index (χ2n) is 4.20. The normalized spacial score (nSPS) is 10.6. The zero-order valence-electron chi connectivity index (χ0n) is 10.2. The fourth-order valence-electron chi connectivity index (χ4n) is 1.99. The molecule has 1 N–H and O–H groups in total. The molecule has 0 unspecified atom stereocenters. The Hall–Kier alpha value is -2.13. The van der Waals surface area contributed by atoms with Crippen molar-refractivity contribution in [1.29, 1.82) is 0 Å². The number of rotatable bonds is 3. The van der Waals surface area contributed by atoms with E-state index in [0.29, 0.717) is 5.02 Å². The molecule has 0 aliphatic heterocycles. The topological polar surface area (TPSA) is 37.8 Å². The van der Waals surface area contributed by atoms with E-state index < -0.39 is 0 Å². The number of nitrogens with zero attached hydrogens (tertiary/aromatic N) is 2. The first-order valence-electron chi connectivity index (χ1n) is 6.00. The molecular weight excluding hydrogens is 258 g/mol. The van der Waals surface area contributed by atoms with E-state index in [4.69, 9.17) is 11.6 Å². The van der Waals surface area contributed by atoms with E-state index in [-0.39, 0.29) is 0 Å². The summed E-state index contributed by atoms with van der Waals surface area (Å²) in [6.07, 6.45) is 5.33. The van der Waals surface area contributed by atoms with Gasteiger partial charge in [-0.15, -0.1) is 0 Å². The van der Waals surface area contributed by atoms with Crippen LogP contribution in [-0.4, -0.2) is 9.97 Å². The van der Waals surface area contributed by atoms with Crippen LogP contribution in [0, 0.1) is 0 Å². The maximum Gasteiger partial charge on any atom is 0.0908 e. The third kappa shape index (κ3) is 2.51. The number of aromatic nitrogens is 2. The van der Waals surface area contributed by atoms with Crippen LogP contribution in [0.4, 0.5) is 5.69 Å². The van der Waals surface area contributed by atoms with Crippen molar-refractivity contribution < 1.29 is 0 Å². The minimum Gasteiger partial charge on any atom is -0.380 e. The van der Waals surface area contributed by atoms with Crippen molar-refractivity contribution in [2.45, 2.75) is 6.54 Å². The van der Waals surface area contributed by atoms with Crippen molar-refractivity contribution >= 4 is 28.2 Å². The van der Waals surface area contributed by atoms with Gasteiger partial charge in [0.1, 0.15) is 0 Å². The number of hydrogen-bond donors (Lipinski definition) is 1. The predicted molar refractivity (Wildman–Crippen MR) is 78.3 cm³/mol. The summed E-state index contributed by atoms with van der Waals surface area (Å²) >= 11 is 6.15. The van der Waals surface area contributed by atoms with Gasteiger partial charge in [0.05, 0.1) is 10.5 Å². The van der Waals surface area contributed by atoms with Gasteiger partial charge in [0, 0.05) is 36.2 Å². The molecule has 4 heteroatoms. The molecule has 0 aliphatic carbocycles. The number of nitrogens with one attached hydrogen (secondary N) is 1. The smallest absolute Gasteiger partial charge is 0.0908 e. The summed E-state index contributed by atoms with van der Waals surface area (Å²) in [7, 11) is 0. The molecule has 3 aromatic rings. The molecule has 0 radical (unpaired) electrons. The lowest BCUT2D eigenvalue weighted by Crippen LogP contribution is -2.00. The van der Waals surface area contributed by atoms with Gasteiger partial charge in [0.15, 0.2) is 0 Å². The second-order valence-corrected chi connectivity index (χ2v) is 4.61. The number of anilines is 1. The molecule has 0 saturated carbocycles. The zero-order chi connectivity index (χ0) is 13.1. The van der Waals surface area contributed by atoms with Gasteiger partial charge in [0.25, 0.3) is 0 Å². The van der Waals surface area contributed by atoms with Gasteiger partial charge in [-0.05, 0) is 42.0 Å². The Labute approximate surface area is 116 Å². The van der Waals surface area contributed by atoms with Gasteiger partial charge in [-0.25, -0.2) is 0 Å². The van der Waals surface area contributed by atoms with Crippen molar-refractivity contribution in [3.05, 3.63) is 65.6 Å². The van der Waals surface area contributed by atoms with Crippen LogP contribution in [0.2, 0.25) is 5.02 Å². The Morgan fingerprint density at radius 3 is 2.68 bits per heavy atom. The van der Waals surface area contributed by atoms with Crippen LogP contribution in [0.1, 0.15) is 5.56 Å². The molecule has 0 spiro atoms. The van der Waals surface area contributed by atoms with Crippen LogP contribution < -0.4 is 5.32 Å². The number of hydrogen-bond acceptors (Lipinski definition) is 3. The molecule has 0 bridgehead atoms. The molecule has 0 saturated heterocycles. The van der Waals surface area contributed by atoms with Gasteiger partial charge in [-0.2, -0.15) is 0 Å². The summed E-state index contributed by atoms with van der Waals surface area (Å²) < 4.78 is 0. The molecule has 19 heavy (non-hydrogen) atoms. The first-order valence-corrected chi connectivity index (χ1v) is 6.38. The lowest BCUT2D eigenvalue weighted by Gasteiger charge is -2.10. The van der Waals surface area contributed by atoms with Crippen LogP contribution in [-0.2, 0) is 6.54 Å². The second kappa shape index (κ2) is 5.24. The molecule has 0 aliphatic rings. The largest absolute Gasteiger partial charge is 0.380 e. The SMILES string of the molecule is Clc1ccc(NCc2ccncc2)c2cccnc12. The van der Waals surface area contributed by atoms with Crippen molar-refractivity contribution in [1.82, 2.24) is 9.97 Å². The molecule has 1 aromatic carbocycles. The average Bonchev–Trinajstić information content (AvgIpc) is 2.48. The number of fused-ring (bicyclic) bond motifs is 1. The van der Waals surface area contributed by atoms with Crippen molar-refractivity contribution in [2.75, 3.05) is 5.32 Å². The van der Waals surface area contributed by atoms with Gasteiger partial charge in [0.2, 0.25) is 0 Å². The number of benzene rings is 1. The van der Waals surface area contributed by atoms with Gasteiger partial charge in [-0.3, -0.25) is 9.97 Å². The zero-order valence-corrected chi connectivity index (χ0v) is 10.9. The maximum atomic E-state index is 6.15. The molecule has 2 heterocycles. The first kappa shape index (κ1) is 11.9. The van der Waals surface area contributed by atoms with E-state index in [1.807, 2.05) is 36.4 Å². The molecule has 0 fully saturated rings. The molecular formula is C15H12ClN3. The molecule has 0 amide bonds. The van der Waals surface area contributed by atoms with Crippen LogP contribution in [0.3, 0.4) is 0 Å². The average molecular weight is 270 g/mol. The minimum absolute atomic E-state index is 0.671. The Bertz CT molecular complexity index is 698. The molecule has 2 aromatic heterocycles. The third-order valence-electron chi connectivity index (χ3n) is 2.95.